The summed E-state index contributed by atoms with van der Waals surface area (Å²) in [6.07, 6.45) is 0. The monoisotopic (exact) mass is 789 g/mol. The van der Waals surface area contributed by atoms with Crippen LogP contribution < -0.4 is 4.90 Å². The van der Waals surface area contributed by atoms with Crippen molar-refractivity contribution in [2.75, 3.05) is 4.90 Å². The van der Waals surface area contributed by atoms with E-state index in [1.807, 2.05) is 0 Å². The number of hydrogen-bond donors (Lipinski definition) is 0. The first-order valence-electron chi connectivity index (χ1n) is 21.7. The van der Waals surface area contributed by atoms with Crippen LogP contribution in [0.2, 0.25) is 0 Å². The van der Waals surface area contributed by atoms with Crippen LogP contribution in [0.25, 0.3) is 87.6 Å². The molecule has 0 unspecified atom stereocenters. The summed E-state index contributed by atoms with van der Waals surface area (Å²) >= 11 is 0. The van der Waals surface area contributed by atoms with Gasteiger partial charge in [0.1, 0.15) is 0 Å². The Hall–Kier alpha value is -7.74. The average Bonchev–Trinajstić information content (AvgIpc) is 3.57. The molecular weight excluding hydrogens is 747 g/mol. The molecule has 0 saturated heterocycles. The fraction of sp³-hybridized carbons (Fsp3) is 0.0492. The molecule has 0 aliphatic heterocycles. The highest BCUT2D eigenvalue weighted by Crippen LogP contribution is 2.53. The molecule has 1 aliphatic carbocycles. The van der Waals surface area contributed by atoms with Crippen molar-refractivity contribution in [3.05, 3.63) is 236 Å². The zero-order valence-electron chi connectivity index (χ0n) is 34.8. The van der Waals surface area contributed by atoms with Gasteiger partial charge in [-0.1, -0.05) is 184 Å². The maximum Gasteiger partial charge on any atom is 0.0468 e. The van der Waals surface area contributed by atoms with Crippen molar-refractivity contribution in [2.24, 2.45) is 0 Å². The Labute approximate surface area is 362 Å². The van der Waals surface area contributed by atoms with Crippen molar-refractivity contribution < 1.29 is 0 Å². The molecule has 0 N–H and O–H groups in total. The van der Waals surface area contributed by atoms with Crippen LogP contribution in [-0.2, 0) is 5.41 Å². The van der Waals surface area contributed by atoms with E-state index in [2.05, 4.69) is 243 Å². The summed E-state index contributed by atoms with van der Waals surface area (Å²) in [4.78, 5) is 2.37. The molecule has 0 fully saturated rings. The Morgan fingerprint density at radius 1 is 0.306 bits per heavy atom. The van der Waals surface area contributed by atoms with E-state index in [-0.39, 0.29) is 5.41 Å². The standard InChI is InChI=1S/C61H43N/c1-61(2)56-29-17-16-27-49(56)50-34-32-43(37-57(50)61)54-39-53(41-19-6-3-7-20-41)58(44-31-30-40-18-12-13-21-42(40)36-44)60-51-28-15-14-26-48(51)55-38-47(33-35-52(55)59(54)60)62(45-22-8-4-9-23-45)46-24-10-5-11-25-46/h3-39H,1-2H3. The minimum atomic E-state index is -0.132. The highest BCUT2D eigenvalue weighted by atomic mass is 15.1. The second-order valence-electron chi connectivity index (χ2n) is 17.2. The lowest BCUT2D eigenvalue weighted by Crippen LogP contribution is -2.14. The van der Waals surface area contributed by atoms with Gasteiger partial charge in [0.2, 0.25) is 0 Å². The van der Waals surface area contributed by atoms with Crippen LogP contribution >= 0.6 is 0 Å². The zero-order chi connectivity index (χ0) is 41.4. The van der Waals surface area contributed by atoms with Gasteiger partial charge in [0, 0.05) is 22.5 Å². The van der Waals surface area contributed by atoms with Crippen molar-refractivity contribution in [2.45, 2.75) is 19.3 Å². The zero-order valence-corrected chi connectivity index (χ0v) is 34.8. The highest BCUT2D eigenvalue weighted by Gasteiger charge is 2.35. The highest BCUT2D eigenvalue weighted by molar-refractivity contribution is 6.33. The van der Waals surface area contributed by atoms with E-state index in [1.165, 1.54) is 98.7 Å². The van der Waals surface area contributed by atoms with E-state index in [0.29, 0.717) is 0 Å². The molecule has 1 heteroatoms. The van der Waals surface area contributed by atoms with Crippen LogP contribution in [0, 0.1) is 0 Å². The number of anilines is 3. The quantitative estimate of drug-likeness (QED) is 0.152. The number of benzene rings is 11. The fourth-order valence-corrected chi connectivity index (χ4v) is 10.5. The van der Waals surface area contributed by atoms with Crippen molar-refractivity contribution in [1.29, 1.82) is 0 Å². The molecule has 1 aliphatic rings. The topological polar surface area (TPSA) is 3.24 Å². The van der Waals surface area contributed by atoms with E-state index >= 15 is 0 Å². The Kier molecular flexibility index (Phi) is 8.27. The van der Waals surface area contributed by atoms with Gasteiger partial charge >= 0.3 is 0 Å². The van der Waals surface area contributed by atoms with Gasteiger partial charge in [-0.15, -0.1) is 0 Å². The van der Waals surface area contributed by atoms with Crippen LogP contribution in [0.4, 0.5) is 17.1 Å². The number of rotatable bonds is 6. The first-order chi connectivity index (χ1) is 30.5. The third kappa shape index (κ3) is 5.62. The third-order valence-electron chi connectivity index (χ3n) is 13.4. The average molecular weight is 790 g/mol. The second-order valence-corrected chi connectivity index (χ2v) is 17.2. The molecule has 11 aromatic carbocycles. The van der Waals surface area contributed by atoms with E-state index in [4.69, 9.17) is 0 Å². The molecular formula is C61H43N. The predicted molar refractivity (Wildman–Crippen MR) is 265 cm³/mol. The van der Waals surface area contributed by atoms with Crippen molar-refractivity contribution in [3.8, 4) is 44.5 Å². The van der Waals surface area contributed by atoms with Gasteiger partial charge in [0.15, 0.2) is 0 Å². The maximum absolute atomic E-state index is 2.50. The second kappa shape index (κ2) is 14.2. The first-order valence-corrected chi connectivity index (χ1v) is 21.7. The molecule has 0 radical (unpaired) electrons. The predicted octanol–water partition coefficient (Wildman–Crippen LogP) is 17.1. The van der Waals surface area contributed by atoms with Crippen LogP contribution in [0.3, 0.4) is 0 Å². The van der Waals surface area contributed by atoms with Gasteiger partial charge in [0.05, 0.1) is 0 Å². The van der Waals surface area contributed by atoms with Gasteiger partial charge < -0.3 is 4.90 Å². The SMILES string of the molecule is CC1(C)c2ccccc2-c2ccc(-c3cc(-c4ccccc4)c(-c4ccc5ccccc5c4)c4c5ccccc5c5cc(N(c6ccccc6)c6ccccc6)ccc5c34)cc21. The molecule has 0 atom stereocenters. The summed E-state index contributed by atoms with van der Waals surface area (Å²) in [7, 11) is 0. The smallest absolute Gasteiger partial charge is 0.0468 e. The summed E-state index contributed by atoms with van der Waals surface area (Å²) in [5, 5.41) is 9.97. The van der Waals surface area contributed by atoms with Crippen LogP contribution in [-0.4, -0.2) is 0 Å². The van der Waals surface area contributed by atoms with Crippen molar-refractivity contribution in [3.63, 3.8) is 0 Å². The molecule has 11 aromatic rings. The molecule has 12 rings (SSSR count). The maximum atomic E-state index is 2.50. The summed E-state index contributed by atoms with van der Waals surface area (Å²) in [5.74, 6) is 0. The van der Waals surface area contributed by atoms with Gasteiger partial charge in [-0.3, -0.25) is 0 Å². The fourth-order valence-electron chi connectivity index (χ4n) is 10.5. The lowest BCUT2D eigenvalue weighted by atomic mass is 9.79. The summed E-state index contributed by atoms with van der Waals surface area (Å²) in [5.41, 5.74) is 16.0. The summed E-state index contributed by atoms with van der Waals surface area (Å²) < 4.78 is 0. The lowest BCUT2D eigenvalue weighted by molar-refractivity contribution is 0.660. The molecule has 0 amide bonds. The van der Waals surface area contributed by atoms with Gasteiger partial charge in [-0.05, 0) is 153 Å². The Morgan fingerprint density at radius 3 is 1.66 bits per heavy atom. The summed E-state index contributed by atoms with van der Waals surface area (Å²) in [6.45, 7) is 4.76. The van der Waals surface area contributed by atoms with E-state index < -0.39 is 0 Å². The lowest BCUT2D eigenvalue weighted by Gasteiger charge is -2.27. The van der Waals surface area contributed by atoms with Gasteiger partial charge in [0.25, 0.3) is 0 Å². The molecule has 1 nitrogen and oxygen atoms in total. The molecule has 0 heterocycles. The Bertz CT molecular complexity index is 3490. The first kappa shape index (κ1) is 36.1. The number of para-hydroxylation sites is 2. The number of hydrogen-bond acceptors (Lipinski definition) is 1. The minimum Gasteiger partial charge on any atom is -0.310 e. The van der Waals surface area contributed by atoms with Crippen LogP contribution in [0.5, 0.6) is 0 Å². The molecule has 0 spiro atoms. The normalized spacial score (nSPS) is 12.8. The number of fused-ring (bicyclic) bond motifs is 10. The Morgan fingerprint density at radius 2 is 0.903 bits per heavy atom. The molecule has 0 aromatic heterocycles. The van der Waals surface area contributed by atoms with Crippen molar-refractivity contribution in [1.82, 2.24) is 0 Å². The van der Waals surface area contributed by atoms with E-state index in [1.54, 1.807) is 0 Å². The molecule has 62 heavy (non-hydrogen) atoms. The van der Waals surface area contributed by atoms with Gasteiger partial charge in [-0.2, -0.15) is 0 Å². The van der Waals surface area contributed by atoms with E-state index in [9.17, 15) is 0 Å². The molecule has 292 valence electrons. The Balaban J connectivity index is 1.24. The summed E-state index contributed by atoms with van der Waals surface area (Å²) in [6, 6.07) is 83.1. The molecule has 0 saturated carbocycles. The van der Waals surface area contributed by atoms with E-state index in [0.717, 1.165) is 17.1 Å². The minimum absolute atomic E-state index is 0.132. The number of nitrogens with zero attached hydrogens (tertiary/aromatic N) is 1. The van der Waals surface area contributed by atoms with Crippen molar-refractivity contribution >= 4 is 60.2 Å². The third-order valence-corrected chi connectivity index (χ3v) is 13.4. The molecule has 0 bridgehead atoms. The van der Waals surface area contributed by atoms with Crippen LogP contribution in [0.1, 0.15) is 25.0 Å². The largest absolute Gasteiger partial charge is 0.310 e. The van der Waals surface area contributed by atoms with Crippen LogP contribution in [0.15, 0.2) is 224 Å². The van der Waals surface area contributed by atoms with Gasteiger partial charge in [-0.25, -0.2) is 0 Å².